The van der Waals surface area contributed by atoms with E-state index in [0.29, 0.717) is 11.6 Å². The fourth-order valence-electron chi connectivity index (χ4n) is 1.75. The van der Waals surface area contributed by atoms with Crippen LogP contribution in [0.2, 0.25) is 10.2 Å². The van der Waals surface area contributed by atoms with Crippen molar-refractivity contribution in [3.05, 3.63) is 39.5 Å². The first-order valence-corrected chi connectivity index (χ1v) is 6.22. The first kappa shape index (κ1) is 13.1. The van der Waals surface area contributed by atoms with E-state index >= 15 is 0 Å². The van der Waals surface area contributed by atoms with Crippen LogP contribution in [0, 0.1) is 6.92 Å². The lowest BCUT2D eigenvalue weighted by molar-refractivity contribution is 0.0526. The average molecular weight is 284 g/mol. The monoisotopic (exact) mass is 283 g/mol. The minimum Gasteiger partial charge on any atom is -0.462 e. The number of carbonyl (C=O) groups excluding carboxylic acids is 1. The van der Waals surface area contributed by atoms with E-state index < -0.39 is 5.97 Å². The number of hydrogen-bond acceptors (Lipinski definition) is 3. The number of aryl methyl sites for hydroxylation is 1. The summed E-state index contributed by atoms with van der Waals surface area (Å²) < 4.78 is 4.92. The largest absolute Gasteiger partial charge is 0.462 e. The van der Waals surface area contributed by atoms with Crippen LogP contribution < -0.4 is 0 Å². The van der Waals surface area contributed by atoms with E-state index in [9.17, 15) is 4.79 Å². The molecule has 0 spiro atoms. The van der Waals surface area contributed by atoms with Gasteiger partial charge in [-0.15, -0.1) is 0 Å². The van der Waals surface area contributed by atoms with Gasteiger partial charge in [-0.2, -0.15) is 0 Å². The molecule has 94 valence electrons. The van der Waals surface area contributed by atoms with Crippen molar-refractivity contribution in [2.45, 2.75) is 13.8 Å². The Morgan fingerprint density at radius 1 is 1.33 bits per heavy atom. The number of carbonyl (C=O) groups is 1. The van der Waals surface area contributed by atoms with Crippen LogP contribution in [0.5, 0.6) is 0 Å². The number of halogens is 2. The maximum absolute atomic E-state index is 11.7. The summed E-state index contributed by atoms with van der Waals surface area (Å²) in [6.45, 7) is 3.92. The third kappa shape index (κ3) is 2.42. The zero-order chi connectivity index (χ0) is 13.3. The third-order valence-electron chi connectivity index (χ3n) is 2.52. The van der Waals surface area contributed by atoms with Gasteiger partial charge in [-0.1, -0.05) is 23.2 Å². The molecule has 1 aromatic carbocycles. The first-order valence-electron chi connectivity index (χ1n) is 5.46. The zero-order valence-electron chi connectivity index (χ0n) is 9.96. The van der Waals surface area contributed by atoms with Gasteiger partial charge in [-0.05, 0) is 37.6 Å². The van der Waals surface area contributed by atoms with Crippen molar-refractivity contribution in [1.82, 2.24) is 4.98 Å². The molecule has 0 amide bonds. The second kappa shape index (κ2) is 5.12. The van der Waals surface area contributed by atoms with Crippen LogP contribution in [-0.2, 0) is 4.74 Å². The van der Waals surface area contributed by atoms with Gasteiger partial charge in [0.1, 0.15) is 5.15 Å². The van der Waals surface area contributed by atoms with E-state index in [-0.39, 0.29) is 10.7 Å². The average Bonchev–Trinajstić information content (AvgIpc) is 2.29. The molecule has 2 aromatic rings. The van der Waals surface area contributed by atoms with Gasteiger partial charge in [0.25, 0.3) is 0 Å². The normalized spacial score (nSPS) is 10.7. The minimum absolute atomic E-state index is 0.145. The highest BCUT2D eigenvalue weighted by Gasteiger charge is 2.15. The van der Waals surface area contributed by atoms with Gasteiger partial charge in [-0.3, -0.25) is 0 Å². The molecule has 0 saturated carbocycles. The summed E-state index contributed by atoms with van der Waals surface area (Å²) in [5.74, 6) is -0.477. The molecule has 0 aliphatic rings. The minimum atomic E-state index is -0.477. The maximum Gasteiger partial charge on any atom is 0.341 e. The molecule has 5 heteroatoms. The number of fused-ring (bicyclic) bond motifs is 1. The maximum atomic E-state index is 11.7. The highest BCUT2D eigenvalue weighted by molar-refractivity contribution is 6.33. The van der Waals surface area contributed by atoms with Gasteiger partial charge in [0, 0.05) is 10.4 Å². The summed E-state index contributed by atoms with van der Waals surface area (Å²) in [5.41, 5.74) is 1.90. The van der Waals surface area contributed by atoms with E-state index in [1.807, 2.05) is 6.92 Å². The molecule has 0 aliphatic heterocycles. The number of benzene rings is 1. The van der Waals surface area contributed by atoms with Crippen molar-refractivity contribution >= 4 is 40.1 Å². The number of aromatic nitrogens is 1. The van der Waals surface area contributed by atoms with Crippen LogP contribution >= 0.6 is 23.2 Å². The Bertz CT molecular complexity index is 626. The Morgan fingerprint density at radius 2 is 2.06 bits per heavy atom. The molecule has 0 atom stereocenters. The molecular weight excluding hydrogens is 273 g/mol. The van der Waals surface area contributed by atoms with E-state index in [1.165, 1.54) is 0 Å². The Labute approximate surface area is 115 Å². The van der Waals surface area contributed by atoms with Crippen LogP contribution in [0.1, 0.15) is 22.8 Å². The van der Waals surface area contributed by atoms with Gasteiger partial charge in [0.2, 0.25) is 0 Å². The molecule has 0 aliphatic carbocycles. The molecule has 1 heterocycles. The lowest BCUT2D eigenvalue weighted by Gasteiger charge is -2.07. The number of nitrogens with zero attached hydrogens (tertiary/aromatic N) is 1. The second-order valence-electron chi connectivity index (χ2n) is 3.84. The molecule has 18 heavy (non-hydrogen) atoms. The van der Waals surface area contributed by atoms with Crippen molar-refractivity contribution in [1.29, 1.82) is 0 Å². The highest BCUT2D eigenvalue weighted by atomic mass is 35.5. The molecular formula is C13H11Cl2NO2. The Hall–Kier alpha value is -1.32. The predicted molar refractivity (Wildman–Crippen MR) is 72.5 cm³/mol. The van der Waals surface area contributed by atoms with Crippen molar-refractivity contribution in [2.75, 3.05) is 6.61 Å². The molecule has 1 aromatic heterocycles. The van der Waals surface area contributed by atoms with E-state index in [2.05, 4.69) is 4.98 Å². The first-order chi connectivity index (χ1) is 8.52. The lowest BCUT2D eigenvalue weighted by Crippen LogP contribution is -2.06. The zero-order valence-corrected chi connectivity index (χ0v) is 11.5. The summed E-state index contributed by atoms with van der Waals surface area (Å²) in [5, 5.41) is 1.51. The van der Waals surface area contributed by atoms with Crippen molar-refractivity contribution in [3.63, 3.8) is 0 Å². The van der Waals surface area contributed by atoms with E-state index in [1.54, 1.807) is 25.1 Å². The number of ether oxygens (including phenoxy) is 1. The Kier molecular flexibility index (Phi) is 3.73. The van der Waals surface area contributed by atoms with Gasteiger partial charge >= 0.3 is 5.97 Å². The number of esters is 1. The summed E-state index contributed by atoms with van der Waals surface area (Å²) in [6.07, 6.45) is 0. The smallest absolute Gasteiger partial charge is 0.341 e. The standard InChI is InChI=1S/C13H11Cl2NO2/c1-3-18-13(17)10-6-8-5-9(14)4-7(2)11(8)16-12(10)15/h4-6H,3H2,1-2H3. The van der Waals surface area contributed by atoms with Crippen LogP contribution in [-0.4, -0.2) is 17.6 Å². The summed E-state index contributed by atoms with van der Waals surface area (Å²) in [6, 6.07) is 5.20. The SMILES string of the molecule is CCOC(=O)c1cc2cc(Cl)cc(C)c2nc1Cl. The molecule has 2 rings (SSSR count). The van der Waals surface area contributed by atoms with Crippen LogP contribution in [0.15, 0.2) is 18.2 Å². The number of pyridine rings is 1. The molecule has 0 fully saturated rings. The fourth-order valence-corrected chi connectivity index (χ4v) is 2.25. The summed E-state index contributed by atoms with van der Waals surface area (Å²) in [7, 11) is 0. The number of hydrogen-bond donors (Lipinski definition) is 0. The van der Waals surface area contributed by atoms with Gasteiger partial charge in [0.05, 0.1) is 17.7 Å². The van der Waals surface area contributed by atoms with Gasteiger partial charge < -0.3 is 4.74 Å². The molecule has 3 nitrogen and oxygen atoms in total. The van der Waals surface area contributed by atoms with E-state index in [0.717, 1.165) is 16.5 Å². The molecule has 0 saturated heterocycles. The molecule has 0 unspecified atom stereocenters. The predicted octanol–water partition coefficient (Wildman–Crippen LogP) is 4.03. The van der Waals surface area contributed by atoms with Crippen LogP contribution in [0.25, 0.3) is 10.9 Å². The van der Waals surface area contributed by atoms with Crippen molar-refractivity contribution in [2.24, 2.45) is 0 Å². The Morgan fingerprint density at radius 3 is 2.72 bits per heavy atom. The summed E-state index contributed by atoms with van der Waals surface area (Å²) in [4.78, 5) is 15.9. The summed E-state index contributed by atoms with van der Waals surface area (Å²) >= 11 is 12.0. The molecule has 0 bridgehead atoms. The molecule has 0 radical (unpaired) electrons. The van der Waals surface area contributed by atoms with Crippen molar-refractivity contribution in [3.8, 4) is 0 Å². The topological polar surface area (TPSA) is 39.2 Å². The Balaban J connectivity index is 2.64. The number of rotatable bonds is 2. The van der Waals surface area contributed by atoms with Gasteiger partial charge in [-0.25, -0.2) is 9.78 Å². The van der Waals surface area contributed by atoms with Crippen molar-refractivity contribution < 1.29 is 9.53 Å². The highest BCUT2D eigenvalue weighted by Crippen LogP contribution is 2.26. The quantitative estimate of drug-likeness (QED) is 0.617. The van der Waals surface area contributed by atoms with Crippen LogP contribution in [0.4, 0.5) is 0 Å². The fraction of sp³-hybridized carbons (Fsp3) is 0.231. The van der Waals surface area contributed by atoms with Gasteiger partial charge in [0.15, 0.2) is 0 Å². The third-order valence-corrected chi connectivity index (χ3v) is 3.03. The lowest BCUT2D eigenvalue weighted by atomic mass is 10.1. The molecule has 0 N–H and O–H groups in total. The second-order valence-corrected chi connectivity index (χ2v) is 4.64. The van der Waals surface area contributed by atoms with Crippen LogP contribution in [0.3, 0.4) is 0 Å². The van der Waals surface area contributed by atoms with E-state index in [4.69, 9.17) is 27.9 Å².